The molecule has 7 heteroatoms. The van der Waals surface area contributed by atoms with Crippen LogP contribution in [0.1, 0.15) is 6.92 Å². The van der Waals surface area contributed by atoms with Crippen LogP contribution in [-0.2, 0) is 6.54 Å². The minimum absolute atomic E-state index is 0.0767. The maximum atomic E-state index is 12.2. The highest BCUT2D eigenvalue weighted by molar-refractivity contribution is 7.14. The SMILES string of the molecule is CCn1ccc2nc(Nc3nc(-c4ccccc4)cs3)ncc2c1=O. The molecule has 3 aromatic heterocycles. The molecule has 0 unspecified atom stereocenters. The lowest BCUT2D eigenvalue weighted by Crippen LogP contribution is -2.18. The van der Waals surface area contributed by atoms with Crippen LogP contribution in [0.2, 0.25) is 0 Å². The second kappa shape index (κ2) is 6.45. The molecule has 4 aromatic rings. The zero-order valence-electron chi connectivity index (χ0n) is 13.5. The Bertz CT molecular complexity index is 1090. The van der Waals surface area contributed by atoms with Crippen molar-refractivity contribution < 1.29 is 0 Å². The maximum Gasteiger partial charge on any atom is 0.261 e. The summed E-state index contributed by atoms with van der Waals surface area (Å²) < 4.78 is 1.63. The summed E-state index contributed by atoms with van der Waals surface area (Å²) in [6.45, 7) is 2.55. The van der Waals surface area contributed by atoms with Gasteiger partial charge in [0.1, 0.15) is 0 Å². The molecule has 0 saturated carbocycles. The van der Waals surface area contributed by atoms with E-state index in [4.69, 9.17) is 0 Å². The molecule has 0 bridgehead atoms. The summed E-state index contributed by atoms with van der Waals surface area (Å²) in [6.07, 6.45) is 3.31. The van der Waals surface area contributed by atoms with Crippen molar-refractivity contribution in [2.75, 3.05) is 5.32 Å². The molecule has 1 aromatic carbocycles. The topological polar surface area (TPSA) is 72.7 Å². The van der Waals surface area contributed by atoms with E-state index in [-0.39, 0.29) is 5.56 Å². The fraction of sp³-hybridized carbons (Fsp3) is 0.111. The summed E-state index contributed by atoms with van der Waals surface area (Å²) in [5.74, 6) is 0.426. The number of hydrogen-bond acceptors (Lipinski definition) is 6. The van der Waals surface area contributed by atoms with Crippen LogP contribution in [0, 0.1) is 0 Å². The number of aryl methyl sites for hydroxylation is 1. The van der Waals surface area contributed by atoms with E-state index in [2.05, 4.69) is 20.3 Å². The van der Waals surface area contributed by atoms with Gasteiger partial charge in [0, 0.05) is 29.9 Å². The van der Waals surface area contributed by atoms with Gasteiger partial charge in [0.05, 0.1) is 16.6 Å². The summed E-state index contributed by atoms with van der Waals surface area (Å²) in [4.78, 5) is 25.5. The molecule has 25 heavy (non-hydrogen) atoms. The Labute approximate surface area is 147 Å². The van der Waals surface area contributed by atoms with Gasteiger partial charge in [-0.05, 0) is 13.0 Å². The van der Waals surface area contributed by atoms with Gasteiger partial charge in [0.25, 0.3) is 5.56 Å². The highest BCUT2D eigenvalue weighted by Crippen LogP contribution is 2.26. The van der Waals surface area contributed by atoms with Crippen LogP contribution in [-0.4, -0.2) is 19.5 Å². The number of nitrogens with zero attached hydrogens (tertiary/aromatic N) is 4. The summed E-state index contributed by atoms with van der Waals surface area (Å²) >= 11 is 1.49. The van der Waals surface area contributed by atoms with Crippen molar-refractivity contribution in [1.82, 2.24) is 19.5 Å². The van der Waals surface area contributed by atoms with Gasteiger partial charge in [-0.1, -0.05) is 30.3 Å². The lowest BCUT2D eigenvalue weighted by molar-refractivity contribution is 0.734. The van der Waals surface area contributed by atoms with Crippen molar-refractivity contribution in [3.05, 3.63) is 64.5 Å². The van der Waals surface area contributed by atoms with E-state index in [9.17, 15) is 4.79 Å². The quantitative estimate of drug-likeness (QED) is 0.608. The lowest BCUT2D eigenvalue weighted by Gasteiger charge is -2.05. The third-order valence-corrected chi connectivity index (χ3v) is 4.61. The van der Waals surface area contributed by atoms with Crippen LogP contribution in [0.15, 0.2) is 59.0 Å². The third-order valence-electron chi connectivity index (χ3n) is 3.86. The second-order valence-corrected chi connectivity index (χ2v) is 6.29. The molecule has 0 radical (unpaired) electrons. The summed E-state index contributed by atoms with van der Waals surface area (Å²) in [7, 11) is 0. The third kappa shape index (κ3) is 3.01. The Morgan fingerprint density at radius 1 is 1.16 bits per heavy atom. The first-order chi connectivity index (χ1) is 12.2. The highest BCUT2D eigenvalue weighted by Gasteiger charge is 2.08. The fourth-order valence-corrected chi connectivity index (χ4v) is 3.26. The zero-order chi connectivity index (χ0) is 17.2. The Kier molecular flexibility index (Phi) is 3.99. The van der Waals surface area contributed by atoms with E-state index in [1.807, 2.05) is 48.7 Å². The molecule has 0 aliphatic rings. The largest absolute Gasteiger partial charge is 0.315 e. The van der Waals surface area contributed by atoms with E-state index >= 15 is 0 Å². The molecule has 0 saturated heterocycles. The van der Waals surface area contributed by atoms with Crippen molar-refractivity contribution in [2.45, 2.75) is 13.5 Å². The van der Waals surface area contributed by atoms with Crippen molar-refractivity contribution in [1.29, 1.82) is 0 Å². The monoisotopic (exact) mass is 349 g/mol. The van der Waals surface area contributed by atoms with Crippen LogP contribution < -0.4 is 10.9 Å². The smallest absolute Gasteiger partial charge is 0.261 e. The van der Waals surface area contributed by atoms with E-state index in [0.717, 1.165) is 11.3 Å². The molecule has 0 aliphatic heterocycles. The van der Waals surface area contributed by atoms with Crippen molar-refractivity contribution in [2.24, 2.45) is 0 Å². The predicted molar refractivity (Wildman–Crippen MR) is 100 cm³/mol. The number of nitrogens with one attached hydrogen (secondary N) is 1. The molecule has 0 atom stereocenters. The molecule has 6 nitrogen and oxygen atoms in total. The maximum absolute atomic E-state index is 12.2. The molecule has 3 heterocycles. The normalized spacial score (nSPS) is 10.9. The Hall–Kier alpha value is -3.06. The van der Waals surface area contributed by atoms with Crippen molar-refractivity contribution in [3.8, 4) is 11.3 Å². The molecular weight excluding hydrogens is 334 g/mol. The molecular formula is C18H15N5OS. The van der Waals surface area contributed by atoms with Gasteiger partial charge in [-0.15, -0.1) is 11.3 Å². The first-order valence-electron chi connectivity index (χ1n) is 7.89. The van der Waals surface area contributed by atoms with E-state index in [0.29, 0.717) is 28.5 Å². The highest BCUT2D eigenvalue weighted by atomic mass is 32.1. The van der Waals surface area contributed by atoms with Gasteiger partial charge in [-0.2, -0.15) is 0 Å². The predicted octanol–water partition coefficient (Wildman–Crippen LogP) is 3.68. The molecule has 124 valence electrons. The number of pyridine rings is 1. The molecule has 0 spiro atoms. The minimum Gasteiger partial charge on any atom is -0.315 e. The summed E-state index contributed by atoms with van der Waals surface area (Å²) in [5.41, 5.74) is 2.50. The van der Waals surface area contributed by atoms with Gasteiger partial charge in [-0.3, -0.25) is 4.79 Å². The van der Waals surface area contributed by atoms with Crippen LogP contribution in [0.25, 0.3) is 22.2 Å². The van der Waals surface area contributed by atoms with Gasteiger partial charge in [-0.25, -0.2) is 15.0 Å². The number of rotatable bonds is 4. The van der Waals surface area contributed by atoms with Crippen LogP contribution in [0.3, 0.4) is 0 Å². The number of thiazole rings is 1. The first kappa shape index (κ1) is 15.5. The molecule has 0 amide bonds. The minimum atomic E-state index is -0.0767. The lowest BCUT2D eigenvalue weighted by atomic mass is 10.2. The summed E-state index contributed by atoms with van der Waals surface area (Å²) in [5, 5.41) is 6.32. The first-order valence-corrected chi connectivity index (χ1v) is 8.77. The second-order valence-electron chi connectivity index (χ2n) is 5.43. The molecule has 0 fully saturated rings. The standard InChI is InChI=1S/C18H15N5OS/c1-2-23-9-8-14-13(16(23)24)10-19-17(20-14)22-18-21-15(11-25-18)12-6-4-3-5-7-12/h3-11H,2H2,1H3,(H,19,20,21,22). The molecule has 4 rings (SSSR count). The van der Waals surface area contributed by atoms with E-state index in [1.165, 1.54) is 11.3 Å². The summed E-state index contributed by atoms with van der Waals surface area (Å²) in [6, 6.07) is 11.8. The Balaban J connectivity index is 1.63. The van der Waals surface area contributed by atoms with Gasteiger partial charge in [0.2, 0.25) is 5.95 Å². The van der Waals surface area contributed by atoms with Crippen LogP contribution in [0.4, 0.5) is 11.1 Å². The van der Waals surface area contributed by atoms with Gasteiger partial charge in [0.15, 0.2) is 5.13 Å². The number of hydrogen-bond donors (Lipinski definition) is 1. The number of aromatic nitrogens is 4. The number of anilines is 2. The molecule has 0 aliphatic carbocycles. The Morgan fingerprint density at radius 3 is 2.80 bits per heavy atom. The number of fused-ring (bicyclic) bond motifs is 1. The van der Waals surface area contributed by atoms with Crippen LogP contribution in [0.5, 0.6) is 0 Å². The average Bonchev–Trinajstić information content (AvgIpc) is 3.11. The van der Waals surface area contributed by atoms with Crippen LogP contribution >= 0.6 is 11.3 Å². The average molecular weight is 349 g/mol. The van der Waals surface area contributed by atoms with E-state index in [1.54, 1.807) is 17.0 Å². The van der Waals surface area contributed by atoms with E-state index < -0.39 is 0 Å². The van der Waals surface area contributed by atoms with Crippen molar-refractivity contribution >= 4 is 33.3 Å². The fourth-order valence-electron chi connectivity index (χ4n) is 2.55. The van der Waals surface area contributed by atoms with Gasteiger partial charge >= 0.3 is 0 Å². The number of benzene rings is 1. The van der Waals surface area contributed by atoms with Crippen molar-refractivity contribution in [3.63, 3.8) is 0 Å². The zero-order valence-corrected chi connectivity index (χ0v) is 14.3. The molecule has 1 N–H and O–H groups in total. The van der Waals surface area contributed by atoms with Gasteiger partial charge < -0.3 is 9.88 Å². The Morgan fingerprint density at radius 2 is 2.00 bits per heavy atom.